The van der Waals surface area contributed by atoms with Crippen LogP contribution in [0.5, 0.6) is 5.75 Å². The lowest BCUT2D eigenvalue weighted by Crippen LogP contribution is -2.28. The Hall–Kier alpha value is -1.86. The van der Waals surface area contributed by atoms with E-state index in [2.05, 4.69) is 5.16 Å². The van der Waals surface area contributed by atoms with Crippen molar-refractivity contribution in [2.45, 2.75) is 19.2 Å². The first-order chi connectivity index (χ1) is 9.92. The molecule has 0 radical (unpaired) electrons. The second-order valence-electron chi connectivity index (χ2n) is 4.81. The minimum Gasteiger partial charge on any atom is -0.497 e. The maximum atomic E-state index is 12.3. The molecule has 2 rings (SSSR count). The van der Waals surface area contributed by atoms with E-state index < -0.39 is 10.0 Å². The number of rotatable bonds is 6. The number of hydrogen-bond acceptors (Lipinski definition) is 5. The molecule has 0 atom stereocenters. The van der Waals surface area contributed by atoms with Gasteiger partial charge in [0.15, 0.2) is 0 Å². The Balaban J connectivity index is 2.11. The highest BCUT2D eigenvalue weighted by atomic mass is 32.2. The topological polar surface area (TPSA) is 72.6 Å². The van der Waals surface area contributed by atoms with Gasteiger partial charge in [-0.3, -0.25) is 0 Å². The normalized spacial score (nSPS) is 11.8. The van der Waals surface area contributed by atoms with Crippen LogP contribution in [0.1, 0.15) is 16.8 Å². The number of methoxy groups -OCH3 is 1. The van der Waals surface area contributed by atoms with Crippen LogP contribution in [-0.4, -0.2) is 32.0 Å². The monoisotopic (exact) mass is 310 g/mol. The van der Waals surface area contributed by atoms with Gasteiger partial charge in [0.2, 0.25) is 10.0 Å². The lowest BCUT2D eigenvalue weighted by atomic mass is 10.2. The molecule has 1 heterocycles. The predicted octanol–water partition coefficient (Wildman–Crippen LogP) is 1.95. The van der Waals surface area contributed by atoms with Crippen LogP contribution in [0.4, 0.5) is 0 Å². The fourth-order valence-corrected chi connectivity index (χ4v) is 3.05. The number of hydrogen-bond donors (Lipinski definition) is 0. The Morgan fingerprint density at radius 3 is 2.76 bits per heavy atom. The van der Waals surface area contributed by atoms with Crippen molar-refractivity contribution in [1.82, 2.24) is 9.46 Å². The van der Waals surface area contributed by atoms with Crippen LogP contribution >= 0.6 is 0 Å². The molecule has 0 aliphatic rings. The van der Waals surface area contributed by atoms with Crippen molar-refractivity contribution in [1.29, 1.82) is 0 Å². The van der Waals surface area contributed by atoms with Gasteiger partial charge < -0.3 is 9.26 Å². The van der Waals surface area contributed by atoms with Crippen molar-refractivity contribution >= 4 is 10.0 Å². The van der Waals surface area contributed by atoms with Crippen LogP contribution in [0.25, 0.3) is 0 Å². The molecular formula is C14H18N2O4S. The molecule has 7 heteroatoms. The average molecular weight is 310 g/mol. The fraction of sp³-hybridized carbons (Fsp3) is 0.357. The summed E-state index contributed by atoms with van der Waals surface area (Å²) in [5.41, 5.74) is 2.03. The highest BCUT2D eigenvalue weighted by molar-refractivity contribution is 7.88. The molecule has 21 heavy (non-hydrogen) atoms. The Labute approximate surface area is 124 Å². The molecule has 0 amide bonds. The molecule has 114 valence electrons. The van der Waals surface area contributed by atoms with Crippen LogP contribution in [0.3, 0.4) is 0 Å². The van der Waals surface area contributed by atoms with Gasteiger partial charge in [-0.1, -0.05) is 17.3 Å². The molecule has 0 aliphatic carbocycles. The molecule has 1 aromatic carbocycles. The maximum Gasteiger partial charge on any atom is 0.220 e. The maximum absolute atomic E-state index is 12.3. The summed E-state index contributed by atoms with van der Waals surface area (Å²) in [5.74, 6) is 0.529. The van der Waals surface area contributed by atoms with Crippen LogP contribution in [0, 0.1) is 6.92 Å². The van der Waals surface area contributed by atoms with Gasteiger partial charge in [-0.05, 0) is 24.6 Å². The summed E-state index contributed by atoms with van der Waals surface area (Å²) in [6.45, 7) is 2.04. The molecule has 0 saturated heterocycles. The minimum absolute atomic E-state index is 0.171. The van der Waals surface area contributed by atoms with Crippen molar-refractivity contribution in [3.05, 3.63) is 47.3 Å². The molecule has 1 aromatic heterocycles. The Morgan fingerprint density at radius 1 is 1.38 bits per heavy atom. The zero-order valence-electron chi connectivity index (χ0n) is 12.2. The first kappa shape index (κ1) is 15.5. The van der Waals surface area contributed by atoms with Crippen molar-refractivity contribution in [2.75, 3.05) is 14.2 Å². The summed E-state index contributed by atoms with van der Waals surface area (Å²) in [6.07, 6.45) is 1.44. The minimum atomic E-state index is -3.45. The van der Waals surface area contributed by atoms with Crippen LogP contribution < -0.4 is 4.74 Å². The van der Waals surface area contributed by atoms with Crippen molar-refractivity contribution in [2.24, 2.45) is 0 Å². The van der Waals surface area contributed by atoms with Gasteiger partial charge in [0, 0.05) is 19.2 Å². The smallest absolute Gasteiger partial charge is 0.220 e. The third-order valence-electron chi connectivity index (χ3n) is 3.18. The van der Waals surface area contributed by atoms with E-state index in [4.69, 9.17) is 9.26 Å². The third kappa shape index (κ3) is 3.83. The van der Waals surface area contributed by atoms with Crippen molar-refractivity contribution in [3.63, 3.8) is 0 Å². The van der Waals surface area contributed by atoms with Crippen LogP contribution in [0.2, 0.25) is 0 Å². The number of benzene rings is 1. The summed E-state index contributed by atoms with van der Waals surface area (Å²) in [6, 6.07) is 7.32. The fourth-order valence-electron chi connectivity index (χ4n) is 1.86. The van der Waals surface area contributed by atoms with E-state index in [-0.39, 0.29) is 12.3 Å². The second kappa shape index (κ2) is 6.28. The van der Waals surface area contributed by atoms with Gasteiger partial charge in [-0.25, -0.2) is 12.7 Å². The number of nitrogens with zero attached hydrogens (tertiary/aromatic N) is 2. The summed E-state index contributed by atoms with van der Waals surface area (Å²) < 4.78 is 35.8. The zero-order valence-corrected chi connectivity index (χ0v) is 13.1. The van der Waals surface area contributed by atoms with Crippen molar-refractivity contribution < 1.29 is 17.7 Å². The number of ether oxygens (including phenoxy) is 1. The number of sulfonamides is 1. The van der Waals surface area contributed by atoms with E-state index >= 15 is 0 Å². The molecule has 0 N–H and O–H groups in total. The van der Waals surface area contributed by atoms with Crippen LogP contribution in [-0.2, 0) is 22.3 Å². The van der Waals surface area contributed by atoms with E-state index in [9.17, 15) is 8.42 Å². The van der Waals surface area contributed by atoms with Gasteiger partial charge in [0.05, 0.1) is 7.11 Å². The summed E-state index contributed by atoms with van der Waals surface area (Å²) in [7, 11) is -0.331. The van der Waals surface area contributed by atoms with Gasteiger partial charge in [-0.15, -0.1) is 0 Å². The van der Waals surface area contributed by atoms with Gasteiger partial charge >= 0.3 is 0 Å². The standard InChI is InChI=1S/C14H18N2O4S/c1-11-9-20-15-14(11)10-21(17,18)16(2)8-12-5-4-6-13(7-12)19-3/h4-7,9H,8,10H2,1-3H3. The summed E-state index contributed by atoms with van der Waals surface area (Å²) >= 11 is 0. The summed E-state index contributed by atoms with van der Waals surface area (Å²) in [4.78, 5) is 0. The Morgan fingerprint density at radius 2 is 2.14 bits per heavy atom. The molecule has 0 bridgehead atoms. The zero-order chi connectivity index (χ0) is 15.5. The highest BCUT2D eigenvalue weighted by Crippen LogP contribution is 2.17. The lowest BCUT2D eigenvalue weighted by Gasteiger charge is -2.17. The largest absolute Gasteiger partial charge is 0.497 e. The second-order valence-corrected chi connectivity index (χ2v) is 6.88. The molecule has 0 fully saturated rings. The lowest BCUT2D eigenvalue weighted by molar-refractivity contribution is 0.410. The molecule has 6 nitrogen and oxygen atoms in total. The Kier molecular flexibility index (Phi) is 4.64. The molecule has 2 aromatic rings. The first-order valence-corrected chi connectivity index (χ1v) is 8.00. The van der Waals surface area contributed by atoms with E-state index in [1.807, 2.05) is 24.3 Å². The molecule has 0 spiro atoms. The third-order valence-corrected chi connectivity index (χ3v) is 4.90. The molecule has 0 aliphatic heterocycles. The summed E-state index contributed by atoms with van der Waals surface area (Å²) in [5, 5.41) is 3.72. The molecule has 0 saturated carbocycles. The quantitative estimate of drug-likeness (QED) is 0.815. The van der Waals surface area contributed by atoms with Gasteiger partial charge in [-0.2, -0.15) is 0 Å². The average Bonchev–Trinajstić information content (AvgIpc) is 2.84. The van der Waals surface area contributed by atoms with Crippen LogP contribution in [0.15, 0.2) is 35.1 Å². The number of aromatic nitrogens is 1. The van der Waals surface area contributed by atoms with E-state index in [1.165, 1.54) is 10.6 Å². The predicted molar refractivity (Wildman–Crippen MR) is 78.3 cm³/mol. The van der Waals surface area contributed by atoms with E-state index in [0.29, 0.717) is 11.4 Å². The highest BCUT2D eigenvalue weighted by Gasteiger charge is 2.21. The van der Waals surface area contributed by atoms with Crippen molar-refractivity contribution in [3.8, 4) is 5.75 Å². The Bertz CT molecular complexity index is 709. The van der Waals surface area contributed by atoms with E-state index in [1.54, 1.807) is 21.1 Å². The van der Waals surface area contributed by atoms with Gasteiger partial charge in [0.25, 0.3) is 0 Å². The number of aryl methyl sites for hydroxylation is 1. The molecule has 0 unspecified atom stereocenters. The SMILES string of the molecule is COc1cccc(CN(C)S(=O)(=O)Cc2nocc2C)c1. The first-order valence-electron chi connectivity index (χ1n) is 6.39. The molecular weight excluding hydrogens is 292 g/mol. The van der Waals surface area contributed by atoms with E-state index in [0.717, 1.165) is 11.1 Å². The van der Waals surface area contributed by atoms with Gasteiger partial charge in [0.1, 0.15) is 23.5 Å².